The van der Waals surface area contributed by atoms with Crippen molar-refractivity contribution in [1.29, 1.82) is 0 Å². The minimum Gasteiger partial charge on any atom is -0.465 e. The highest BCUT2D eigenvalue weighted by Gasteiger charge is 2.41. The zero-order valence-corrected chi connectivity index (χ0v) is 17.9. The molecule has 1 aromatic carbocycles. The van der Waals surface area contributed by atoms with Gasteiger partial charge in [-0.05, 0) is 30.0 Å². The van der Waals surface area contributed by atoms with Gasteiger partial charge in [0.25, 0.3) is 0 Å². The molecule has 1 aromatic rings. The van der Waals surface area contributed by atoms with Gasteiger partial charge in [0, 0.05) is 57.6 Å². The molecule has 1 aliphatic heterocycles. The van der Waals surface area contributed by atoms with Crippen LogP contribution in [0.25, 0.3) is 0 Å². The monoisotopic (exact) mass is 435 g/mol. The van der Waals surface area contributed by atoms with Crippen LogP contribution >= 0.6 is 11.6 Å². The quantitative estimate of drug-likeness (QED) is 0.692. The van der Waals surface area contributed by atoms with Crippen LogP contribution < -0.4 is 0 Å². The summed E-state index contributed by atoms with van der Waals surface area (Å²) in [5.41, 5.74) is 1.63. The van der Waals surface area contributed by atoms with Crippen LogP contribution in [0.4, 0.5) is 4.79 Å². The predicted molar refractivity (Wildman–Crippen MR) is 110 cm³/mol. The number of amides is 3. The van der Waals surface area contributed by atoms with E-state index >= 15 is 0 Å². The smallest absolute Gasteiger partial charge is 0.407 e. The van der Waals surface area contributed by atoms with Gasteiger partial charge in [-0.2, -0.15) is 0 Å². The third-order valence-corrected chi connectivity index (χ3v) is 6.04. The third kappa shape index (κ3) is 5.11. The van der Waals surface area contributed by atoms with Crippen molar-refractivity contribution in [2.75, 3.05) is 20.1 Å². The summed E-state index contributed by atoms with van der Waals surface area (Å²) in [6, 6.07) is 5.49. The molecule has 1 unspecified atom stereocenters. The standard InChI is InChI=1S/C21H26ClN3O5/c1-13(26)23(2)10-14-3-6-18(22)15(9-14)11-25(16-4-5-16)20(28)17-12-24(21(29)30)8-7-19(17)27/h3,6,9,16-17H,4-5,7-8,10-12H2,1-2H3,(H,29,30). The molecule has 2 aliphatic rings. The van der Waals surface area contributed by atoms with Crippen molar-refractivity contribution in [2.24, 2.45) is 5.92 Å². The maximum atomic E-state index is 13.2. The van der Waals surface area contributed by atoms with E-state index in [4.69, 9.17) is 11.6 Å². The third-order valence-electron chi connectivity index (χ3n) is 5.67. The van der Waals surface area contributed by atoms with Crippen molar-refractivity contribution in [2.45, 2.75) is 45.3 Å². The molecule has 0 bridgehead atoms. The molecule has 3 amide bonds. The predicted octanol–water partition coefficient (Wildman–Crippen LogP) is 2.38. The summed E-state index contributed by atoms with van der Waals surface area (Å²) in [4.78, 5) is 52.8. The van der Waals surface area contributed by atoms with Crippen LogP contribution in [0.5, 0.6) is 0 Å². The van der Waals surface area contributed by atoms with Gasteiger partial charge in [-0.15, -0.1) is 0 Å². The molecule has 1 heterocycles. The number of rotatable bonds is 6. The van der Waals surface area contributed by atoms with E-state index in [9.17, 15) is 24.3 Å². The maximum Gasteiger partial charge on any atom is 0.407 e. The molecule has 162 valence electrons. The molecule has 9 heteroatoms. The molecule has 8 nitrogen and oxygen atoms in total. The summed E-state index contributed by atoms with van der Waals surface area (Å²) in [5.74, 6) is -1.58. The molecule has 1 atom stereocenters. The van der Waals surface area contributed by atoms with Gasteiger partial charge in [0.2, 0.25) is 11.8 Å². The minimum atomic E-state index is -1.12. The lowest BCUT2D eigenvalue weighted by Crippen LogP contribution is -2.50. The molecular formula is C21H26ClN3O5. The van der Waals surface area contributed by atoms with Crippen LogP contribution in [-0.2, 0) is 27.5 Å². The fourth-order valence-electron chi connectivity index (χ4n) is 3.61. The van der Waals surface area contributed by atoms with Gasteiger partial charge in [-0.1, -0.05) is 23.7 Å². The van der Waals surface area contributed by atoms with Crippen molar-refractivity contribution in [3.8, 4) is 0 Å². The molecule has 1 saturated carbocycles. The minimum absolute atomic E-state index is 0.0325. The van der Waals surface area contributed by atoms with Crippen molar-refractivity contribution in [1.82, 2.24) is 14.7 Å². The van der Waals surface area contributed by atoms with Gasteiger partial charge in [-0.25, -0.2) is 4.79 Å². The van der Waals surface area contributed by atoms with E-state index in [0.29, 0.717) is 11.6 Å². The van der Waals surface area contributed by atoms with Gasteiger partial charge >= 0.3 is 6.09 Å². The summed E-state index contributed by atoms with van der Waals surface area (Å²) >= 11 is 6.38. The van der Waals surface area contributed by atoms with Gasteiger partial charge < -0.3 is 19.8 Å². The first-order valence-electron chi connectivity index (χ1n) is 9.97. The first-order chi connectivity index (χ1) is 14.2. The van der Waals surface area contributed by atoms with E-state index < -0.39 is 12.0 Å². The Bertz CT molecular complexity index is 870. The number of hydrogen-bond acceptors (Lipinski definition) is 4. The fourth-order valence-corrected chi connectivity index (χ4v) is 3.79. The first-order valence-corrected chi connectivity index (χ1v) is 10.3. The van der Waals surface area contributed by atoms with E-state index in [2.05, 4.69) is 0 Å². The number of halogens is 1. The molecule has 0 spiro atoms. The molecule has 2 fully saturated rings. The Morgan fingerprint density at radius 2 is 1.93 bits per heavy atom. The second-order valence-corrected chi connectivity index (χ2v) is 8.40. The molecule has 0 radical (unpaired) electrons. The average molecular weight is 436 g/mol. The Balaban J connectivity index is 1.79. The van der Waals surface area contributed by atoms with Gasteiger partial charge in [0.15, 0.2) is 0 Å². The summed E-state index contributed by atoms with van der Waals surface area (Å²) in [6.07, 6.45) is 0.623. The second kappa shape index (κ2) is 9.04. The number of likely N-dealkylation sites (tertiary alicyclic amines) is 1. The lowest BCUT2D eigenvalue weighted by Gasteiger charge is -2.33. The molecule has 30 heavy (non-hydrogen) atoms. The van der Waals surface area contributed by atoms with Crippen molar-refractivity contribution >= 4 is 35.3 Å². The van der Waals surface area contributed by atoms with Crippen LogP contribution in [0.15, 0.2) is 18.2 Å². The zero-order chi connectivity index (χ0) is 22.0. The number of Topliss-reactive ketones (excluding diaryl/α,β-unsaturated/α-hetero) is 1. The molecule has 1 N–H and O–H groups in total. The highest BCUT2D eigenvalue weighted by molar-refractivity contribution is 6.31. The first kappa shape index (κ1) is 22.1. The number of hydrogen-bond donors (Lipinski definition) is 1. The number of benzene rings is 1. The Labute approximate surface area is 180 Å². The van der Waals surface area contributed by atoms with Crippen LogP contribution in [-0.4, -0.2) is 69.7 Å². The fraction of sp³-hybridized carbons (Fsp3) is 0.524. The lowest BCUT2D eigenvalue weighted by molar-refractivity contribution is -0.144. The number of carbonyl (C=O) groups excluding carboxylic acids is 3. The van der Waals surface area contributed by atoms with Crippen LogP contribution in [0.3, 0.4) is 0 Å². The lowest BCUT2D eigenvalue weighted by atomic mass is 9.94. The Morgan fingerprint density at radius 1 is 1.23 bits per heavy atom. The topological polar surface area (TPSA) is 98.2 Å². The second-order valence-electron chi connectivity index (χ2n) is 8.00. The molecule has 3 rings (SSSR count). The largest absolute Gasteiger partial charge is 0.465 e. The average Bonchev–Trinajstić information content (AvgIpc) is 3.53. The summed E-state index contributed by atoms with van der Waals surface area (Å²) in [6.45, 7) is 2.18. The Kier molecular flexibility index (Phi) is 6.65. The number of nitrogens with zero attached hydrogens (tertiary/aromatic N) is 3. The number of piperidine rings is 1. The van der Waals surface area contributed by atoms with Crippen molar-refractivity contribution in [3.63, 3.8) is 0 Å². The molecule has 1 aliphatic carbocycles. The van der Waals surface area contributed by atoms with Crippen LogP contribution in [0, 0.1) is 5.92 Å². The SMILES string of the molecule is CC(=O)N(C)Cc1ccc(Cl)c(CN(C(=O)C2CN(C(=O)O)CCC2=O)C2CC2)c1. The van der Waals surface area contributed by atoms with E-state index in [0.717, 1.165) is 28.9 Å². The van der Waals surface area contributed by atoms with Gasteiger partial charge in [-0.3, -0.25) is 14.4 Å². The van der Waals surface area contributed by atoms with Crippen LogP contribution in [0.2, 0.25) is 5.02 Å². The summed E-state index contributed by atoms with van der Waals surface area (Å²) in [5, 5.41) is 9.75. The Hall–Kier alpha value is -2.61. The molecular weight excluding hydrogens is 410 g/mol. The van der Waals surface area contributed by atoms with E-state index in [1.54, 1.807) is 22.9 Å². The highest BCUT2D eigenvalue weighted by atomic mass is 35.5. The molecule has 1 saturated heterocycles. The number of carbonyl (C=O) groups is 4. The van der Waals surface area contributed by atoms with Crippen molar-refractivity contribution in [3.05, 3.63) is 34.3 Å². The van der Waals surface area contributed by atoms with Crippen molar-refractivity contribution < 1.29 is 24.3 Å². The van der Waals surface area contributed by atoms with E-state index in [1.807, 2.05) is 12.1 Å². The van der Waals surface area contributed by atoms with E-state index in [1.165, 1.54) is 6.92 Å². The number of ketones is 1. The molecule has 0 aromatic heterocycles. The summed E-state index contributed by atoms with van der Waals surface area (Å²) in [7, 11) is 1.71. The Morgan fingerprint density at radius 3 is 2.53 bits per heavy atom. The van der Waals surface area contributed by atoms with E-state index in [-0.39, 0.29) is 49.7 Å². The van der Waals surface area contributed by atoms with Crippen LogP contribution in [0.1, 0.15) is 37.3 Å². The normalized spacial score (nSPS) is 18.8. The van der Waals surface area contributed by atoms with Gasteiger partial charge in [0.05, 0.1) is 0 Å². The number of carboxylic acid groups (broad SMARTS) is 1. The highest BCUT2D eigenvalue weighted by Crippen LogP contribution is 2.32. The van der Waals surface area contributed by atoms with Gasteiger partial charge in [0.1, 0.15) is 11.7 Å². The summed E-state index contributed by atoms with van der Waals surface area (Å²) < 4.78 is 0. The zero-order valence-electron chi connectivity index (χ0n) is 17.1. The maximum absolute atomic E-state index is 13.2.